The van der Waals surface area contributed by atoms with Crippen LogP contribution < -0.4 is 0 Å². The minimum atomic E-state index is -0.505. The van der Waals surface area contributed by atoms with Gasteiger partial charge in [-0.1, -0.05) is 23.7 Å². The first-order valence-corrected chi connectivity index (χ1v) is 9.76. The summed E-state index contributed by atoms with van der Waals surface area (Å²) in [6.45, 7) is 7.04. The average Bonchev–Trinajstić information content (AvgIpc) is 2.48. The summed E-state index contributed by atoms with van der Waals surface area (Å²) in [4.78, 5) is 14.1. The molecular formula is C18H28ClNO3S. The summed E-state index contributed by atoms with van der Waals surface area (Å²) in [6, 6.07) is 7.69. The topological polar surface area (TPSA) is 49.8 Å². The van der Waals surface area contributed by atoms with Crippen LogP contribution in [0.3, 0.4) is 0 Å². The van der Waals surface area contributed by atoms with Gasteiger partial charge in [0.25, 0.3) is 0 Å². The Morgan fingerprint density at radius 2 is 2.04 bits per heavy atom. The van der Waals surface area contributed by atoms with Gasteiger partial charge in [-0.25, -0.2) is 4.79 Å². The molecule has 1 amide bonds. The highest BCUT2D eigenvalue weighted by atomic mass is 35.5. The van der Waals surface area contributed by atoms with Crippen LogP contribution in [0.15, 0.2) is 24.3 Å². The number of hydrogen-bond donors (Lipinski definition) is 1. The second-order valence-corrected chi connectivity index (χ2v) is 8.20. The quantitative estimate of drug-likeness (QED) is 0.658. The van der Waals surface area contributed by atoms with Crippen molar-refractivity contribution in [3.63, 3.8) is 0 Å². The molecule has 0 aliphatic carbocycles. The summed E-state index contributed by atoms with van der Waals surface area (Å²) >= 11 is 7.75. The first kappa shape index (κ1) is 21.1. The molecule has 0 saturated carbocycles. The highest BCUT2D eigenvalue weighted by Gasteiger charge is 2.21. The Hall–Kier alpha value is -0.910. The summed E-state index contributed by atoms with van der Waals surface area (Å²) in [5.41, 5.74) is 0.596. The number of ether oxygens (including phenoxy) is 1. The van der Waals surface area contributed by atoms with E-state index < -0.39 is 5.60 Å². The van der Waals surface area contributed by atoms with Crippen LogP contribution in [0.5, 0.6) is 0 Å². The van der Waals surface area contributed by atoms with E-state index >= 15 is 0 Å². The van der Waals surface area contributed by atoms with E-state index in [0.29, 0.717) is 18.1 Å². The third kappa shape index (κ3) is 9.40. The van der Waals surface area contributed by atoms with Crippen molar-refractivity contribution in [1.29, 1.82) is 0 Å². The molecule has 6 heteroatoms. The predicted molar refractivity (Wildman–Crippen MR) is 102 cm³/mol. The molecule has 0 bridgehead atoms. The van der Waals surface area contributed by atoms with Crippen LogP contribution in [0.2, 0.25) is 5.02 Å². The van der Waals surface area contributed by atoms with Gasteiger partial charge in [0.1, 0.15) is 5.60 Å². The number of carbonyl (C=O) groups is 1. The maximum atomic E-state index is 12.4. The molecule has 0 spiro atoms. The van der Waals surface area contributed by atoms with Gasteiger partial charge in [-0.2, -0.15) is 11.8 Å². The minimum absolute atomic E-state index is 0.206. The normalized spacial score (nSPS) is 11.4. The first-order chi connectivity index (χ1) is 11.3. The number of nitrogens with zero attached hydrogens (tertiary/aromatic N) is 1. The van der Waals surface area contributed by atoms with Crippen molar-refractivity contribution in [3.05, 3.63) is 34.9 Å². The van der Waals surface area contributed by atoms with Gasteiger partial charge in [0, 0.05) is 30.5 Å². The third-order valence-electron chi connectivity index (χ3n) is 3.16. The molecule has 1 aromatic rings. The van der Waals surface area contributed by atoms with E-state index in [4.69, 9.17) is 21.4 Å². The lowest BCUT2D eigenvalue weighted by molar-refractivity contribution is 0.0264. The van der Waals surface area contributed by atoms with Gasteiger partial charge in [-0.05, 0) is 57.1 Å². The second-order valence-electron chi connectivity index (χ2n) is 6.54. The number of amides is 1. The van der Waals surface area contributed by atoms with E-state index in [0.717, 1.165) is 29.9 Å². The lowest BCUT2D eigenvalue weighted by Crippen LogP contribution is -2.39. The molecule has 0 fully saturated rings. The average molecular weight is 374 g/mol. The summed E-state index contributed by atoms with van der Waals surface area (Å²) in [7, 11) is 0. The molecule has 136 valence electrons. The fourth-order valence-corrected chi connectivity index (χ4v) is 3.12. The molecule has 1 rings (SSSR count). The van der Waals surface area contributed by atoms with Crippen LogP contribution >= 0.6 is 23.4 Å². The number of aliphatic hydroxyl groups excluding tert-OH is 1. The van der Waals surface area contributed by atoms with Crippen LogP contribution in [-0.4, -0.2) is 52.9 Å². The van der Waals surface area contributed by atoms with Crippen LogP contribution in [0.1, 0.15) is 32.8 Å². The number of halogens is 1. The molecule has 24 heavy (non-hydrogen) atoms. The van der Waals surface area contributed by atoms with E-state index in [1.54, 1.807) is 16.7 Å². The zero-order valence-corrected chi connectivity index (χ0v) is 16.3. The zero-order valence-electron chi connectivity index (χ0n) is 14.8. The predicted octanol–water partition coefficient (Wildman–Crippen LogP) is 4.24. The Labute approximate surface area is 154 Å². The Morgan fingerprint density at radius 1 is 1.29 bits per heavy atom. The Bertz CT molecular complexity index is 505. The molecule has 4 nitrogen and oxygen atoms in total. The number of rotatable bonds is 9. The molecule has 0 unspecified atom stereocenters. The van der Waals surface area contributed by atoms with Gasteiger partial charge in [0.2, 0.25) is 0 Å². The lowest BCUT2D eigenvalue weighted by Gasteiger charge is -2.27. The number of carbonyl (C=O) groups excluding carboxylic acids is 1. The van der Waals surface area contributed by atoms with Crippen LogP contribution in [0, 0.1) is 0 Å². The Morgan fingerprint density at radius 3 is 2.67 bits per heavy atom. The summed E-state index contributed by atoms with van der Waals surface area (Å²) in [5, 5.41) is 9.52. The van der Waals surface area contributed by atoms with Gasteiger partial charge in [0.15, 0.2) is 0 Å². The van der Waals surface area contributed by atoms with Gasteiger partial charge in [0.05, 0.1) is 0 Å². The molecule has 0 aromatic heterocycles. The van der Waals surface area contributed by atoms with Gasteiger partial charge in [-0.3, -0.25) is 0 Å². The molecular weight excluding hydrogens is 346 g/mol. The van der Waals surface area contributed by atoms with Crippen LogP contribution in [0.4, 0.5) is 4.79 Å². The summed E-state index contributed by atoms with van der Waals surface area (Å²) in [5.74, 6) is 1.72. The van der Waals surface area contributed by atoms with Crippen molar-refractivity contribution >= 4 is 29.5 Å². The van der Waals surface area contributed by atoms with Crippen molar-refractivity contribution in [3.8, 4) is 0 Å². The lowest BCUT2D eigenvalue weighted by atomic mass is 10.1. The smallest absolute Gasteiger partial charge is 0.410 e. The van der Waals surface area contributed by atoms with E-state index in [-0.39, 0.29) is 12.7 Å². The molecule has 1 N–H and O–H groups in total. The fraction of sp³-hybridized carbons (Fsp3) is 0.611. The number of benzene rings is 1. The molecule has 1 aromatic carbocycles. The molecule has 0 aliphatic heterocycles. The zero-order chi connectivity index (χ0) is 18.0. The van der Waals surface area contributed by atoms with Crippen molar-refractivity contribution in [1.82, 2.24) is 4.90 Å². The Kier molecular flexibility index (Phi) is 9.56. The van der Waals surface area contributed by atoms with E-state index in [1.165, 1.54) is 0 Å². The summed E-state index contributed by atoms with van der Waals surface area (Å²) < 4.78 is 5.50. The monoisotopic (exact) mass is 373 g/mol. The summed E-state index contributed by atoms with van der Waals surface area (Å²) in [6.07, 6.45) is 1.23. The fourth-order valence-electron chi connectivity index (χ4n) is 2.02. The maximum Gasteiger partial charge on any atom is 0.410 e. The molecule has 0 aliphatic rings. The van der Waals surface area contributed by atoms with Crippen molar-refractivity contribution in [2.24, 2.45) is 0 Å². The van der Waals surface area contributed by atoms with Crippen molar-refractivity contribution < 1.29 is 14.6 Å². The Balaban J connectivity index is 2.57. The van der Waals surface area contributed by atoms with Gasteiger partial charge in [-0.15, -0.1) is 0 Å². The van der Waals surface area contributed by atoms with Crippen molar-refractivity contribution in [2.45, 2.75) is 39.2 Å². The van der Waals surface area contributed by atoms with Gasteiger partial charge >= 0.3 is 6.09 Å². The van der Waals surface area contributed by atoms with E-state index in [2.05, 4.69) is 0 Å². The third-order valence-corrected chi connectivity index (χ3v) is 4.45. The number of thioether (sulfide) groups is 1. The SMILES string of the molecule is CC(C)(C)OC(=O)N(CCSCCCO)CCc1cccc(Cl)c1. The maximum absolute atomic E-state index is 12.4. The molecule has 0 radical (unpaired) electrons. The second kappa shape index (κ2) is 10.9. The number of hydrogen-bond acceptors (Lipinski definition) is 4. The number of aliphatic hydroxyl groups is 1. The first-order valence-electron chi connectivity index (χ1n) is 8.23. The van der Waals surface area contributed by atoms with Crippen LogP contribution in [0.25, 0.3) is 0 Å². The van der Waals surface area contributed by atoms with E-state index in [1.807, 2.05) is 45.0 Å². The molecule has 0 atom stereocenters. The standard InChI is InChI=1S/C18H28ClNO3S/c1-18(2,3)23-17(22)20(10-13-24-12-5-11-21)9-8-15-6-4-7-16(19)14-15/h4,6-7,14,21H,5,8-13H2,1-3H3. The van der Waals surface area contributed by atoms with Crippen molar-refractivity contribution in [2.75, 3.05) is 31.2 Å². The largest absolute Gasteiger partial charge is 0.444 e. The highest BCUT2D eigenvalue weighted by Crippen LogP contribution is 2.14. The molecule has 0 saturated heterocycles. The highest BCUT2D eigenvalue weighted by molar-refractivity contribution is 7.99. The van der Waals surface area contributed by atoms with Crippen LogP contribution in [-0.2, 0) is 11.2 Å². The van der Waals surface area contributed by atoms with Gasteiger partial charge < -0.3 is 14.7 Å². The van der Waals surface area contributed by atoms with E-state index in [9.17, 15) is 4.79 Å². The minimum Gasteiger partial charge on any atom is -0.444 e. The molecule has 0 heterocycles.